The summed E-state index contributed by atoms with van der Waals surface area (Å²) in [5.41, 5.74) is 1.39. The van der Waals surface area contributed by atoms with Crippen LogP contribution in [0.2, 0.25) is 0 Å². The maximum atomic E-state index is 12.3. The number of carbonyl (C=O) groups excluding carboxylic acids is 3. The van der Waals surface area contributed by atoms with Crippen molar-refractivity contribution in [2.24, 2.45) is 0 Å². The van der Waals surface area contributed by atoms with Crippen LogP contribution in [0.25, 0.3) is 0 Å². The second-order valence-electron chi connectivity index (χ2n) is 5.49. The number of carbonyl (C=O) groups is 3. The fraction of sp³-hybridized carbons (Fsp3) is 0.438. The van der Waals surface area contributed by atoms with Gasteiger partial charge in [-0.25, -0.2) is 17.9 Å². The highest BCUT2D eigenvalue weighted by Crippen LogP contribution is 2.16. The average Bonchev–Trinajstić information content (AvgIpc) is 2.55. The number of sulfonamides is 1. The molecule has 144 valence electrons. The summed E-state index contributed by atoms with van der Waals surface area (Å²) in [5.74, 6) is -1.54. The van der Waals surface area contributed by atoms with Crippen LogP contribution in [0.3, 0.4) is 0 Å². The van der Waals surface area contributed by atoms with Gasteiger partial charge >= 0.3 is 12.0 Å². The maximum absolute atomic E-state index is 12.3. The zero-order valence-corrected chi connectivity index (χ0v) is 15.7. The number of hydrogen-bond acceptors (Lipinski definition) is 6. The minimum Gasteiger partial charge on any atom is -0.456 e. The minimum absolute atomic E-state index is 0.146. The number of aryl methyl sites for hydroxylation is 2. The molecule has 1 rings (SSSR count). The van der Waals surface area contributed by atoms with Crippen LogP contribution < -0.4 is 15.4 Å². The lowest BCUT2D eigenvalue weighted by Gasteiger charge is -2.10. The number of amides is 3. The predicted molar refractivity (Wildman–Crippen MR) is 93.9 cm³/mol. The molecule has 10 heteroatoms. The first-order chi connectivity index (χ1) is 12.2. The van der Waals surface area contributed by atoms with E-state index in [0.29, 0.717) is 12.1 Å². The van der Waals surface area contributed by atoms with Crippen LogP contribution in [0.5, 0.6) is 0 Å². The second-order valence-corrected chi connectivity index (χ2v) is 7.22. The topological polar surface area (TPSA) is 131 Å². The number of hydrogen-bond donors (Lipinski definition) is 3. The van der Waals surface area contributed by atoms with E-state index in [2.05, 4.69) is 14.8 Å². The fourth-order valence-electron chi connectivity index (χ4n) is 1.95. The van der Waals surface area contributed by atoms with E-state index in [1.54, 1.807) is 39.0 Å². The molecular weight excluding hydrogens is 362 g/mol. The van der Waals surface area contributed by atoms with Crippen molar-refractivity contribution >= 4 is 27.9 Å². The van der Waals surface area contributed by atoms with Gasteiger partial charge in [0.2, 0.25) is 10.0 Å². The third-order valence-corrected chi connectivity index (χ3v) is 4.81. The van der Waals surface area contributed by atoms with Gasteiger partial charge in [-0.1, -0.05) is 12.1 Å². The molecule has 1 aromatic carbocycles. The smallest absolute Gasteiger partial charge is 0.321 e. The minimum atomic E-state index is -3.75. The van der Waals surface area contributed by atoms with Gasteiger partial charge in [0.15, 0.2) is 6.61 Å². The molecule has 0 saturated heterocycles. The van der Waals surface area contributed by atoms with E-state index >= 15 is 0 Å². The summed E-state index contributed by atoms with van der Waals surface area (Å²) in [7, 11) is -3.75. The van der Waals surface area contributed by atoms with Crippen LogP contribution in [0.1, 0.15) is 24.5 Å². The summed E-state index contributed by atoms with van der Waals surface area (Å²) in [4.78, 5) is 34.2. The number of nitrogens with one attached hydrogen (secondary N) is 3. The van der Waals surface area contributed by atoms with Crippen molar-refractivity contribution in [1.29, 1.82) is 0 Å². The molecule has 0 atom stereocenters. The Morgan fingerprint density at radius 1 is 1.15 bits per heavy atom. The van der Waals surface area contributed by atoms with Crippen molar-refractivity contribution in [2.45, 2.75) is 32.1 Å². The van der Waals surface area contributed by atoms with Gasteiger partial charge in [-0.15, -0.1) is 0 Å². The van der Waals surface area contributed by atoms with Crippen LogP contribution in [-0.2, 0) is 24.3 Å². The molecule has 0 unspecified atom stereocenters. The lowest BCUT2D eigenvalue weighted by Crippen LogP contribution is -2.41. The second kappa shape index (κ2) is 9.88. The highest BCUT2D eigenvalue weighted by molar-refractivity contribution is 7.89. The van der Waals surface area contributed by atoms with Crippen LogP contribution in [0, 0.1) is 13.8 Å². The molecule has 0 radical (unpaired) electrons. The first kappa shape index (κ1) is 21.6. The van der Waals surface area contributed by atoms with E-state index in [4.69, 9.17) is 0 Å². The summed E-state index contributed by atoms with van der Waals surface area (Å²) in [5, 5.41) is 4.32. The Hall–Kier alpha value is -2.46. The van der Waals surface area contributed by atoms with Crippen molar-refractivity contribution in [2.75, 3.05) is 19.7 Å². The number of ether oxygens (including phenoxy) is 1. The Labute approximate surface area is 152 Å². The monoisotopic (exact) mass is 385 g/mol. The van der Waals surface area contributed by atoms with Crippen LogP contribution in [0.15, 0.2) is 23.1 Å². The molecule has 0 bridgehead atoms. The van der Waals surface area contributed by atoms with Crippen molar-refractivity contribution in [1.82, 2.24) is 15.4 Å². The predicted octanol–water partition coefficient (Wildman–Crippen LogP) is 0.361. The zero-order chi connectivity index (χ0) is 19.7. The molecule has 0 aliphatic carbocycles. The largest absolute Gasteiger partial charge is 0.456 e. The zero-order valence-electron chi connectivity index (χ0n) is 14.9. The molecule has 9 nitrogen and oxygen atoms in total. The Morgan fingerprint density at radius 3 is 2.50 bits per heavy atom. The van der Waals surface area contributed by atoms with Gasteiger partial charge in [0.05, 0.1) is 11.3 Å². The standard InChI is InChI=1S/C16H23N3O6S/c1-4-17-16(22)19-14(20)10-25-15(21)7-8-18-26(23,24)13-9-11(2)5-6-12(13)3/h5-6,9,18H,4,7-8,10H2,1-3H3,(H2,17,19,20,22). The molecule has 0 aliphatic rings. The van der Waals surface area contributed by atoms with E-state index in [9.17, 15) is 22.8 Å². The summed E-state index contributed by atoms with van der Waals surface area (Å²) in [6, 6.07) is 4.36. The van der Waals surface area contributed by atoms with Gasteiger partial charge in [0.25, 0.3) is 5.91 Å². The summed E-state index contributed by atoms with van der Waals surface area (Å²) < 4.78 is 31.5. The van der Waals surface area contributed by atoms with Gasteiger partial charge < -0.3 is 10.1 Å². The first-order valence-electron chi connectivity index (χ1n) is 7.96. The molecule has 0 saturated carbocycles. The molecule has 0 aliphatic heterocycles. The Balaban J connectivity index is 2.42. The lowest BCUT2D eigenvalue weighted by atomic mass is 10.2. The van der Waals surface area contributed by atoms with Crippen LogP contribution in [-0.4, -0.2) is 46.0 Å². The summed E-state index contributed by atoms with van der Waals surface area (Å²) >= 11 is 0. The van der Waals surface area contributed by atoms with E-state index in [0.717, 1.165) is 5.56 Å². The third kappa shape index (κ3) is 7.19. The Kier molecular flexibility index (Phi) is 8.20. The van der Waals surface area contributed by atoms with Crippen molar-refractivity contribution in [3.05, 3.63) is 29.3 Å². The number of rotatable bonds is 8. The first-order valence-corrected chi connectivity index (χ1v) is 9.44. The van der Waals surface area contributed by atoms with E-state index < -0.39 is 34.5 Å². The van der Waals surface area contributed by atoms with Gasteiger partial charge in [-0.3, -0.25) is 14.9 Å². The molecular formula is C16H23N3O6S. The SMILES string of the molecule is CCNC(=O)NC(=O)COC(=O)CCNS(=O)(=O)c1cc(C)ccc1C. The number of esters is 1. The molecule has 3 amide bonds. The molecule has 0 fully saturated rings. The lowest BCUT2D eigenvalue weighted by molar-refractivity contribution is -0.148. The van der Waals surface area contributed by atoms with Gasteiger partial charge in [-0.05, 0) is 38.0 Å². The quantitative estimate of drug-likeness (QED) is 0.554. The molecule has 26 heavy (non-hydrogen) atoms. The third-order valence-electron chi connectivity index (χ3n) is 3.21. The molecule has 1 aromatic rings. The van der Waals surface area contributed by atoms with E-state index in [1.807, 2.05) is 5.32 Å². The number of urea groups is 1. The molecule has 0 heterocycles. The van der Waals surface area contributed by atoms with Crippen LogP contribution in [0.4, 0.5) is 4.79 Å². The van der Waals surface area contributed by atoms with E-state index in [-0.39, 0.29) is 17.9 Å². The van der Waals surface area contributed by atoms with Crippen molar-refractivity contribution in [3.63, 3.8) is 0 Å². The van der Waals surface area contributed by atoms with Crippen molar-refractivity contribution in [3.8, 4) is 0 Å². The Morgan fingerprint density at radius 2 is 1.85 bits per heavy atom. The molecule has 0 aromatic heterocycles. The summed E-state index contributed by atoms with van der Waals surface area (Å²) in [6.45, 7) is 4.69. The van der Waals surface area contributed by atoms with Crippen LogP contribution >= 0.6 is 0 Å². The van der Waals surface area contributed by atoms with Gasteiger partial charge in [0, 0.05) is 13.1 Å². The molecule has 3 N–H and O–H groups in total. The highest BCUT2D eigenvalue weighted by atomic mass is 32.2. The highest BCUT2D eigenvalue weighted by Gasteiger charge is 2.17. The summed E-state index contributed by atoms with van der Waals surface area (Å²) in [6.07, 6.45) is -0.251. The average molecular weight is 385 g/mol. The Bertz CT molecular complexity index is 776. The van der Waals surface area contributed by atoms with Crippen molar-refractivity contribution < 1.29 is 27.5 Å². The van der Waals surface area contributed by atoms with Gasteiger partial charge in [-0.2, -0.15) is 0 Å². The number of benzene rings is 1. The van der Waals surface area contributed by atoms with Gasteiger partial charge in [0.1, 0.15) is 0 Å². The number of imide groups is 1. The van der Waals surface area contributed by atoms with E-state index in [1.165, 1.54) is 0 Å². The molecule has 0 spiro atoms. The fourth-order valence-corrected chi connectivity index (χ4v) is 3.31. The normalized spacial score (nSPS) is 10.9. The maximum Gasteiger partial charge on any atom is 0.321 e.